The second-order valence-corrected chi connectivity index (χ2v) is 6.04. The van der Waals surface area contributed by atoms with Gasteiger partial charge in [-0.3, -0.25) is 5.32 Å². The van der Waals surface area contributed by atoms with E-state index in [2.05, 4.69) is 10.3 Å². The van der Waals surface area contributed by atoms with Crippen molar-refractivity contribution in [3.63, 3.8) is 0 Å². The molecule has 0 unspecified atom stereocenters. The summed E-state index contributed by atoms with van der Waals surface area (Å²) in [4.78, 5) is 27.5. The number of ether oxygens (including phenoxy) is 2. The molecule has 1 aromatic heterocycles. The van der Waals surface area contributed by atoms with E-state index in [0.717, 1.165) is 0 Å². The van der Waals surface area contributed by atoms with Crippen LogP contribution in [0.2, 0.25) is 0 Å². The van der Waals surface area contributed by atoms with Crippen LogP contribution in [-0.4, -0.2) is 29.8 Å². The molecule has 0 aliphatic heterocycles. The van der Waals surface area contributed by atoms with Gasteiger partial charge in [-0.15, -0.1) is 11.3 Å². The third-order valence-electron chi connectivity index (χ3n) is 2.20. The molecule has 1 amide bonds. The molecule has 0 radical (unpaired) electrons. The lowest BCUT2D eigenvalue weighted by Gasteiger charge is -2.18. The topological polar surface area (TPSA) is 77.5 Å². The first-order chi connectivity index (χ1) is 9.76. The second kappa shape index (κ2) is 7.21. The van der Waals surface area contributed by atoms with Gasteiger partial charge in [0.1, 0.15) is 5.60 Å². The van der Waals surface area contributed by atoms with Crippen LogP contribution in [0.5, 0.6) is 0 Å². The summed E-state index contributed by atoms with van der Waals surface area (Å²) in [7, 11) is 1.32. The number of aromatic nitrogens is 1. The Morgan fingerprint density at radius 1 is 1.43 bits per heavy atom. The fraction of sp³-hybridized carbons (Fsp3) is 0.500. The van der Waals surface area contributed by atoms with Crippen molar-refractivity contribution in [2.24, 2.45) is 0 Å². The monoisotopic (exact) mass is 312 g/mol. The quantitative estimate of drug-likeness (QED) is 0.680. The van der Waals surface area contributed by atoms with Crippen molar-refractivity contribution < 1.29 is 19.1 Å². The number of carbonyl (C=O) groups is 2. The first-order valence-electron chi connectivity index (χ1n) is 6.51. The molecule has 0 spiro atoms. The molecule has 7 heteroatoms. The smallest absolute Gasteiger partial charge is 0.413 e. The maximum Gasteiger partial charge on any atom is 0.413 e. The van der Waals surface area contributed by atoms with Crippen molar-refractivity contribution in [1.29, 1.82) is 0 Å². The summed E-state index contributed by atoms with van der Waals surface area (Å²) >= 11 is 1.21. The van der Waals surface area contributed by atoms with Crippen LogP contribution in [0.1, 0.15) is 39.8 Å². The number of amides is 1. The largest absolute Gasteiger partial charge is 0.465 e. The highest BCUT2D eigenvalue weighted by atomic mass is 32.1. The number of anilines is 1. The Labute approximate surface area is 128 Å². The van der Waals surface area contributed by atoms with E-state index in [0.29, 0.717) is 22.8 Å². The molecule has 1 N–H and O–H groups in total. The summed E-state index contributed by atoms with van der Waals surface area (Å²) in [5.41, 5.74) is 0.275. The Morgan fingerprint density at radius 3 is 2.62 bits per heavy atom. The Bertz CT molecular complexity index is 543. The van der Waals surface area contributed by atoms with Crippen molar-refractivity contribution in [2.75, 3.05) is 12.4 Å². The molecule has 0 aliphatic carbocycles. The fourth-order valence-electron chi connectivity index (χ4n) is 1.45. The summed E-state index contributed by atoms with van der Waals surface area (Å²) in [5.74, 6) is -0.453. The van der Waals surface area contributed by atoms with Gasteiger partial charge in [0.2, 0.25) is 0 Å². The Kier molecular flexibility index (Phi) is 5.90. The van der Waals surface area contributed by atoms with E-state index >= 15 is 0 Å². The van der Waals surface area contributed by atoms with Crippen LogP contribution in [-0.2, 0) is 14.3 Å². The minimum Gasteiger partial charge on any atom is -0.465 e. The predicted molar refractivity (Wildman–Crippen MR) is 82.3 cm³/mol. The molecule has 1 rings (SSSR count). The Hall–Kier alpha value is -1.89. The van der Waals surface area contributed by atoms with E-state index < -0.39 is 17.7 Å². The summed E-state index contributed by atoms with van der Waals surface area (Å²) in [6.45, 7) is 7.24. The van der Waals surface area contributed by atoms with Gasteiger partial charge >= 0.3 is 12.1 Å². The normalized spacial score (nSPS) is 12.0. The number of allylic oxidation sites excluding steroid dienone is 1. The molecular weight excluding hydrogens is 292 g/mol. The third-order valence-corrected chi connectivity index (χ3v) is 2.96. The van der Waals surface area contributed by atoms with E-state index in [1.54, 1.807) is 32.2 Å². The van der Waals surface area contributed by atoms with Gasteiger partial charge in [-0.2, -0.15) is 0 Å². The highest BCUT2D eigenvalue weighted by Crippen LogP contribution is 2.23. The van der Waals surface area contributed by atoms with Crippen molar-refractivity contribution in [3.05, 3.63) is 17.2 Å². The number of thiazole rings is 1. The Morgan fingerprint density at radius 2 is 2.10 bits per heavy atom. The van der Waals surface area contributed by atoms with Crippen molar-refractivity contribution in [1.82, 2.24) is 4.98 Å². The molecule has 116 valence electrons. The first kappa shape index (κ1) is 17.2. The zero-order valence-corrected chi connectivity index (χ0v) is 13.7. The first-order valence-corrected chi connectivity index (χ1v) is 7.39. The van der Waals surface area contributed by atoms with Gasteiger partial charge in [-0.1, -0.05) is 13.0 Å². The molecule has 0 aliphatic rings. The molecule has 0 saturated carbocycles. The van der Waals surface area contributed by atoms with E-state index in [4.69, 9.17) is 9.47 Å². The minimum atomic E-state index is -0.581. The summed E-state index contributed by atoms with van der Waals surface area (Å²) in [5, 5.41) is 4.59. The molecule has 6 nitrogen and oxygen atoms in total. The summed E-state index contributed by atoms with van der Waals surface area (Å²) in [6.07, 6.45) is 1.83. The average Bonchev–Trinajstić information content (AvgIpc) is 2.80. The lowest BCUT2D eigenvalue weighted by atomic mass is 10.2. The number of nitrogens with one attached hydrogen (secondary N) is 1. The average molecular weight is 312 g/mol. The maximum absolute atomic E-state index is 11.7. The van der Waals surface area contributed by atoms with Crippen molar-refractivity contribution in [3.8, 4) is 0 Å². The number of hydrogen-bond donors (Lipinski definition) is 1. The van der Waals surface area contributed by atoms with Gasteiger partial charge in [0.15, 0.2) is 5.13 Å². The van der Waals surface area contributed by atoms with E-state index in [-0.39, 0.29) is 0 Å². The van der Waals surface area contributed by atoms with Crippen molar-refractivity contribution in [2.45, 2.75) is 39.7 Å². The summed E-state index contributed by atoms with van der Waals surface area (Å²) < 4.78 is 9.86. The zero-order chi connectivity index (χ0) is 16.0. The van der Waals surface area contributed by atoms with Crippen LogP contribution in [0.3, 0.4) is 0 Å². The standard InChI is InChI=1S/C14H20N2O4S/c1-6-7-9(11(17)19-5)10-8-21-12(15-10)16-13(18)20-14(2,3)4/h7-8H,6H2,1-5H3,(H,15,16,18). The SMILES string of the molecule is CCC=C(C(=O)OC)c1csc(NC(=O)OC(C)(C)C)n1. The molecule has 21 heavy (non-hydrogen) atoms. The fourth-order valence-corrected chi connectivity index (χ4v) is 2.15. The highest BCUT2D eigenvalue weighted by Gasteiger charge is 2.19. The molecule has 0 saturated heterocycles. The Balaban J connectivity index is 2.83. The van der Waals surface area contributed by atoms with Crippen LogP contribution in [0.15, 0.2) is 11.5 Å². The highest BCUT2D eigenvalue weighted by molar-refractivity contribution is 7.14. The van der Waals surface area contributed by atoms with Crippen LogP contribution >= 0.6 is 11.3 Å². The molecule has 1 heterocycles. The van der Waals surface area contributed by atoms with Gasteiger partial charge in [-0.25, -0.2) is 14.6 Å². The third kappa shape index (κ3) is 5.55. The van der Waals surface area contributed by atoms with Gasteiger partial charge < -0.3 is 9.47 Å². The van der Waals surface area contributed by atoms with Gasteiger partial charge in [0.25, 0.3) is 0 Å². The predicted octanol–water partition coefficient (Wildman–Crippen LogP) is 3.46. The van der Waals surface area contributed by atoms with Gasteiger partial charge in [0.05, 0.1) is 18.4 Å². The molecule has 1 aromatic rings. The van der Waals surface area contributed by atoms with Crippen LogP contribution in [0.4, 0.5) is 9.93 Å². The van der Waals surface area contributed by atoms with E-state index in [9.17, 15) is 9.59 Å². The maximum atomic E-state index is 11.7. The summed E-state index contributed by atoms with van der Waals surface area (Å²) in [6, 6.07) is 0. The molecule has 0 aromatic carbocycles. The lowest BCUT2D eigenvalue weighted by Crippen LogP contribution is -2.27. The molecular formula is C14H20N2O4S. The molecule has 0 atom stereocenters. The zero-order valence-electron chi connectivity index (χ0n) is 12.9. The molecule has 0 fully saturated rings. The lowest BCUT2D eigenvalue weighted by molar-refractivity contribution is -0.133. The minimum absolute atomic E-state index is 0.366. The van der Waals surface area contributed by atoms with E-state index in [1.165, 1.54) is 18.4 Å². The second-order valence-electron chi connectivity index (χ2n) is 5.18. The van der Waals surface area contributed by atoms with Gasteiger partial charge in [-0.05, 0) is 27.2 Å². The van der Waals surface area contributed by atoms with Crippen LogP contribution in [0.25, 0.3) is 5.57 Å². The number of hydrogen-bond acceptors (Lipinski definition) is 6. The van der Waals surface area contributed by atoms with Crippen molar-refractivity contribution >= 4 is 34.1 Å². The van der Waals surface area contributed by atoms with Crippen LogP contribution in [0, 0.1) is 0 Å². The van der Waals surface area contributed by atoms with E-state index in [1.807, 2.05) is 6.92 Å². The number of nitrogens with zero attached hydrogens (tertiary/aromatic N) is 1. The number of carbonyl (C=O) groups excluding carboxylic acids is 2. The molecule has 0 bridgehead atoms. The van der Waals surface area contributed by atoms with Crippen LogP contribution < -0.4 is 5.32 Å². The number of rotatable bonds is 4. The van der Waals surface area contributed by atoms with Gasteiger partial charge in [0, 0.05) is 5.38 Å². The number of methoxy groups -OCH3 is 1. The number of esters is 1.